The maximum Gasteiger partial charge on any atom is 0.240 e. The molecule has 6 heteroatoms. The van der Waals surface area contributed by atoms with E-state index in [0.29, 0.717) is 18.5 Å². The van der Waals surface area contributed by atoms with E-state index in [0.717, 1.165) is 23.5 Å². The monoisotopic (exact) mass is 432 g/mol. The smallest absolute Gasteiger partial charge is 0.240 e. The highest BCUT2D eigenvalue weighted by molar-refractivity contribution is 8.00. The predicted octanol–water partition coefficient (Wildman–Crippen LogP) is 4.21. The first kappa shape index (κ1) is 20.1. The molecule has 31 heavy (non-hydrogen) atoms. The Kier molecular flexibility index (Phi) is 5.18. The van der Waals surface area contributed by atoms with E-state index >= 15 is 0 Å². The van der Waals surface area contributed by atoms with Gasteiger partial charge in [0.1, 0.15) is 0 Å². The number of carbonyl (C=O) groups excluding carboxylic acids is 3. The Bertz CT molecular complexity index is 1050. The van der Waals surface area contributed by atoms with Crippen molar-refractivity contribution in [2.24, 2.45) is 11.8 Å². The first-order chi connectivity index (χ1) is 15.0. The summed E-state index contributed by atoms with van der Waals surface area (Å²) in [5, 5.41) is -0.235. The number of imide groups is 1. The molecule has 158 valence electrons. The fraction of sp³-hybridized carbons (Fsp3) is 0.320. The van der Waals surface area contributed by atoms with Gasteiger partial charge in [-0.15, -0.1) is 11.8 Å². The van der Waals surface area contributed by atoms with E-state index in [1.165, 1.54) is 22.2 Å². The number of hydrogen-bond donors (Lipinski definition) is 0. The van der Waals surface area contributed by atoms with Gasteiger partial charge in [0, 0.05) is 17.1 Å². The highest BCUT2D eigenvalue weighted by Crippen LogP contribution is 2.38. The third kappa shape index (κ3) is 3.49. The molecule has 3 atom stereocenters. The number of rotatable bonds is 4. The second-order valence-corrected chi connectivity index (χ2v) is 9.70. The van der Waals surface area contributed by atoms with Gasteiger partial charge < -0.3 is 4.90 Å². The third-order valence-electron chi connectivity index (χ3n) is 6.42. The molecule has 5 rings (SSSR count). The minimum atomic E-state index is -0.235. The molecule has 0 radical (unpaired) electrons. The van der Waals surface area contributed by atoms with E-state index in [1.54, 1.807) is 0 Å². The number of benzene rings is 2. The van der Waals surface area contributed by atoms with Gasteiger partial charge in [0.15, 0.2) is 0 Å². The SMILES string of the molecule is C[C@H](Sc1ccc(N2C(=O)[C@H]3CC=CC[C@@H]3C2=O)cc1)C(=O)N1CCc2ccccc21. The molecule has 0 unspecified atom stereocenters. The average Bonchev–Trinajstić information content (AvgIpc) is 3.33. The molecule has 0 saturated carbocycles. The molecule has 0 bridgehead atoms. The quantitative estimate of drug-likeness (QED) is 0.413. The molecule has 0 spiro atoms. The highest BCUT2D eigenvalue weighted by Gasteiger charge is 2.47. The molecule has 1 aliphatic carbocycles. The topological polar surface area (TPSA) is 57.7 Å². The summed E-state index contributed by atoms with van der Waals surface area (Å²) in [5.41, 5.74) is 2.84. The van der Waals surface area contributed by atoms with Crippen molar-refractivity contribution in [1.29, 1.82) is 0 Å². The number of carbonyl (C=O) groups is 3. The van der Waals surface area contributed by atoms with Gasteiger partial charge in [0.25, 0.3) is 0 Å². The molecule has 3 amide bonds. The van der Waals surface area contributed by atoms with Crippen molar-refractivity contribution in [2.45, 2.75) is 36.3 Å². The summed E-state index contributed by atoms with van der Waals surface area (Å²) in [4.78, 5) is 42.7. The average molecular weight is 433 g/mol. The van der Waals surface area contributed by atoms with Crippen LogP contribution in [-0.4, -0.2) is 29.5 Å². The van der Waals surface area contributed by atoms with Crippen LogP contribution < -0.4 is 9.80 Å². The first-order valence-corrected chi connectivity index (χ1v) is 11.6. The van der Waals surface area contributed by atoms with Crippen LogP contribution in [0, 0.1) is 11.8 Å². The molecule has 0 aromatic heterocycles. The molecule has 2 heterocycles. The number of nitrogens with zero attached hydrogens (tertiary/aromatic N) is 2. The first-order valence-electron chi connectivity index (χ1n) is 10.7. The van der Waals surface area contributed by atoms with Crippen LogP contribution in [0.4, 0.5) is 11.4 Å². The summed E-state index contributed by atoms with van der Waals surface area (Å²) in [7, 11) is 0. The lowest BCUT2D eigenvalue weighted by Gasteiger charge is -2.21. The number of hydrogen-bond acceptors (Lipinski definition) is 4. The van der Waals surface area contributed by atoms with E-state index in [-0.39, 0.29) is 34.8 Å². The predicted molar refractivity (Wildman–Crippen MR) is 122 cm³/mol. The van der Waals surface area contributed by atoms with Crippen LogP contribution >= 0.6 is 11.8 Å². The zero-order valence-corrected chi connectivity index (χ0v) is 18.2. The van der Waals surface area contributed by atoms with Crippen LogP contribution in [0.25, 0.3) is 0 Å². The fourth-order valence-corrected chi connectivity index (χ4v) is 5.70. The molecule has 0 N–H and O–H groups in total. The molecular weight excluding hydrogens is 408 g/mol. The van der Waals surface area contributed by atoms with Crippen molar-refractivity contribution >= 4 is 40.9 Å². The van der Waals surface area contributed by atoms with Crippen LogP contribution in [0.2, 0.25) is 0 Å². The fourth-order valence-electron chi connectivity index (χ4n) is 4.77. The Morgan fingerprint density at radius 1 is 0.968 bits per heavy atom. The lowest BCUT2D eigenvalue weighted by Crippen LogP contribution is -2.35. The van der Waals surface area contributed by atoms with Crippen LogP contribution in [0.5, 0.6) is 0 Å². The molecule has 1 fully saturated rings. The van der Waals surface area contributed by atoms with E-state index in [2.05, 4.69) is 6.07 Å². The standard InChI is InChI=1S/C25H24N2O3S/c1-16(23(28)26-15-14-17-6-2-5-9-22(17)26)31-19-12-10-18(11-13-19)27-24(29)20-7-3-4-8-21(20)25(27)30/h2-6,9-13,16,20-21H,7-8,14-15H2,1H3/t16-,20-,21-/m0/s1. The van der Waals surface area contributed by atoms with Gasteiger partial charge in [0.05, 0.1) is 22.8 Å². The van der Waals surface area contributed by atoms with E-state index in [1.807, 2.05) is 66.4 Å². The molecule has 5 nitrogen and oxygen atoms in total. The van der Waals surface area contributed by atoms with Crippen molar-refractivity contribution in [3.05, 3.63) is 66.2 Å². The van der Waals surface area contributed by atoms with Crippen LogP contribution in [0.1, 0.15) is 25.3 Å². The van der Waals surface area contributed by atoms with E-state index in [9.17, 15) is 14.4 Å². The third-order valence-corrected chi connectivity index (χ3v) is 7.52. The molecule has 3 aliphatic rings. The molecule has 1 saturated heterocycles. The molecule has 2 aliphatic heterocycles. The largest absolute Gasteiger partial charge is 0.311 e. The lowest BCUT2D eigenvalue weighted by molar-refractivity contribution is -0.122. The Morgan fingerprint density at radius 3 is 2.29 bits per heavy atom. The van der Waals surface area contributed by atoms with Gasteiger partial charge in [-0.2, -0.15) is 0 Å². The zero-order valence-electron chi connectivity index (χ0n) is 17.4. The molecular formula is C25H24N2O3S. The van der Waals surface area contributed by atoms with Crippen LogP contribution in [-0.2, 0) is 20.8 Å². The minimum absolute atomic E-state index is 0.0977. The summed E-state index contributed by atoms with van der Waals surface area (Å²) in [6.45, 7) is 2.64. The number of thioether (sulfide) groups is 1. The Morgan fingerprint density at radius 2 is 1.61 bits per heavy atom. The Balaban J connectivity index is 1.27. The molecule has 2 aromatic rings. The van der Waals surface area contributed by atoms with Crippen LogP contribution in [0.3, 0.4) is 0 Å². The Hall–Kier alpha value is -2.86. The van der Waals surface area contributed by atoms with Crippen molar-refractivity contribution < 1.29 is 14.4 Å². The minimum Gasteiger partial charge on any atom is -0.311 e. The molecule has 2 aromatic carbocycles. The summed E-state index contributed by atoms with van der Waals surface area (Å²) in [6, 6.07) is 15.5. The van der Waals surface area contributed by atoms with E-state index < -0.39 is 0 Å². The number of amides is 3. The van der Waals surface area contributed by atoms with Gasteiger partial charge in [-0.1, -0.05) is 30.4 Å². The summed E-state index contributed by atoms with van der Waals surface area (Å²) in [6.07, 6.45) is 6.15. The number of para-hydroxylation sites is 1. The normalized spacial score (nSPS) is 23.1. The number of allylic oxidation sites excluding steroid dienone is 2. The maximum absolute atomic E-state index is 13.0. The van der Waals surface area contributed by atoms with Crippen molar-refractivity contribution in [3.8, 4) is 0 Å². The highest BCUT2D eigenvalue weighted by atomic mass is 32.2. The van der Waals surface area contributed by atoms with Gasteiger partial charge in [-0.25, -0.2) is 0 Å². The van der Waals surface area contributed by atoms with Gasteiger partial charge in [-0.3, -0.25) is 19.3 Å². The maximum atomic E-state index is 13.0. The van der Waals surface area contributed by atoms with Crippen molar-refractivity contribution in [3.63, 3.8) is 0 Å². The number of fused-ring (bicyclic) bond motifs is 2. The lowest BCUT2D eigenvalue weighted by atomic mass is 9.85. The summed E-state index contributed by atoms with van der Waals surface area (Å²) < 4.78 is 0. The number of anilines is 2. The second-order valence-electron chi connectivity index (χ2n) is 8.29. The van der Waals surface area contributed by atoms with Gasteiger partial charge >= 0.3 is 0 Å². The van der Waals surface area contributed by atoms with Gasteiger partial charge in [-0.05, 0) is 62.1 Å². The van der Waals surface area contributed by atoms with Gasteiger partial charge in [0.2, 0.25) is 17.7 Å². The van der Waals surface area contributed by atoms with E-state index in [4.69, 9.17) is 0 Å². The summed E-state index contributed by atoms with van der Waals surface area (Å²) >= 11 is 1.50. The van der Waals surface area contributed by atoms with Crippen molar-refractivity contribution in [2.75, 3.05) is 16.3 Å². The second kappa shape index (κ2) is 8.00. The zero-order chi connectivity index (χ0) is 21.5. The van der Waals surface area contributed by atoms with Crippen LogP contribution in [0.15, 0.2) is 65.6 Å². The summed E-state index contributed by atoms with van der Waals surface area (Å²) in [5.74, 6) is -0.562. The van der Waals surface area contributed by atoms with Crippen molar-refractivity contribution in [1.82, 2.24) is 0 Å². The Labute approximate surface area is 186 Å².